The number of rotatable bonds is 8. The fourth-order valence-corrected chi connectivity index (χ4v) is 8.55. The van der Waals surface area contributed by atoms with E-state index in [0.717, 1.165) is 11.1 Å². The van der Waals surface area contributed by atoms with Crippen LogP contribution in [0.3, 0.4) is 0 Å². The number of benzene rings is 2. The highest BCUT2D eigenvalue weighted by atomic mass is 16.6. The predicted molar refractivity (Wildman–Crippen MR) is 196 cm³/mol. The van der Waals surface area contributed by atoms with E-state index in [2.05, 4.69) is 0 Å². The van der Waals surface area contributed by atoms with Crippen molar-refractivity contribution in [1.82, 2.24) is 18.8 Å². The molecule has 0 aliphatic carbocycles. The molecule has 0 spiro atoms. The lowest BCUT2D eigenvalue weighted by Crippen LogP contribution is -2.57. The topological polar surface area (TPSA) is 106 Å². The minimum atomic E-state index is -0.759. The minimum absolute atomic E-state index is 0.105. The van der Waals surface area contributed by atoms with Crippen LogP contribution in [0.2, 0.25) is 0 Å². The van der Waals surface area contributed by atoms with Gasteiger partial charge in [-0.15, -0.1) is 8.97 Å². The summed E-state index contributed by atoms with van der Waals surface area (Å²) in [6.07, 6.45) is 16.3. The van der Waals surface area contributed by atoms with E-state index in [0.29, 0.717) is 73.3 Å². The van der Waals surface area contributed by atoms with Crippen LogP contribution in [0.25, 0.3) is 0 Å². The molecule has 0 saturated carbocycles. The predicted octanol–water partition coefficient (Wildman–Crippen LogP) is 7.25. The maximum absolute atomic E-state index is 15.0. The molecule has 6 aliphatic heterocycles. The van der Waals surface area contributed by atoms with Gasteiger partial charge in [-0.05, 0) is 36.8 Å². The second kappa shape index (κ2) is 12.9. The number of hydrogen-bond acceptors (Lipinski definition) is 7. The molecule has 11 heteroatoms. The number of likely N-dealkylation sites (tertiary alicyclic amines) is 2. The first-order chi connectivity index (χ1) is 25.9. The number of ether oxygens (including phenoxy) is 2. The Bertz CT molecular complexity index is 2010. The fraction of sp³-hybridized carbons (Fsp3) is 0.238. The van der Waals surface area contributed by atoms with Gasteiger partial charge in [0.1, 0.15) is 13.2 Å². The molecule has 2 fully saturated rings. The van der Waals surface area contributed by atoms with Crippen molar-refractivity contribution in [1.29, 1.82) is 0 Å². The van der Waals surface area contributed by atoms with Gasteiger partial charge in [-0.2, -0.15) is 0 Å². The van der Waals surface area contributed by atoms with E-state index in [-0.39, 0.29) is 34.0 Å². The second-order valence-corrected chi connectivity index (χ2v) is 13.9. The van der Waals surface area contributed by atoms with Crippen molar-refractivity contribution in [3.05, 3.63) is 155 Å². The largest absolute Gasteiger partial charge is 0.445 e. The summed E-state index contributed by atoms with van der Waals surface area (Å²) in [7, 11) is 0. The Morgan fingerprint density at radius 2 is 0.943 bits per heavy atom. The molecular weight excluding hydrogens is 672 g/mol. The molecule has 7 heterocycles. The number of carbonyl (C=O) groups is 4. The molecule has 1 aromatic heterocycles. The molecule has 4 bridgehead atoms. The quantitative estimate of drug-likeness (QED) is 0.227. The van der Waals surface area contributed by atoms with E-state index in [9.17, 15) is 19.2 Å². The Hall–Kier alpha value is -6.04. The first-order valence-corrected chi connectivity index (χ1v) is 18.1. The van der Waals surface area contributed by atoms with Crippen molar-refractivity contribution < 1.29 is 33.1 Å². The van der Waals surface area contributed by atoms with Crippen LogP contribution in [0.4, 0.5) is 21.4 Å². The monoisotopic (exact) mass is 710 g/mol. The summed E-state index contributed by atoms with van der Waals surface area (Å²) in [4.78, 5) is 59.9. The van der Waals surface area contributed by atoms with Gasteiger partial charge in [-0.25, -0.2) is 19.2 Å². The number of furan rings is 1. The molecule has 0 N–H and O–H groups in total. The van der Waals surface area contributed by atoms with Crippen molar-refractivity contribution in [3.63, 3.8) is 0 Å². The van der Waals surface area contributed by atoms with E-state index in [4.69, 9.17) is 13.9 Å². The van der Waals surface area contributed by atoms with Gasteiger partial charge in [0.15, 0.2) is 34.9 Å². The lowest BCUT2D eigenvalue weighted by Gasteiger charge is -2.33. The minimum Gasteiger partial charge on any atom is -0.445 e. The number of amides is 4. The van der Waals surface area contributed by atoms with Crippen molar-refractivity contribution in [3.8, 4) is 0 Å². The van der Waals surface area contributed by atoms with Crippen molar-refractivity contribution in [2.45, 2.75) is 51.0 Å². The van der Waals surface area contributed by atoms with Crippen LogP contribution >= 0.6 is 0 Å². The van der Waals surface area contributed by atoms with Crippen LogP contribution in [0.1, 0.15) is 36.8 Å². The first-order valence-electron chi connectivity index (χ1n) is 18.1. The van der Waals surface area contributed by atoms with Gasteiger partial charge in [-0.3, -0.25) is 9.80 Å². The van der Waals surface area contributed by atoms with Gasteiger partial charge < -0.3 is 13.9 Å². The zero-order valence-electron chi connectivity index (χ0n) is 29.0. The third-order valence-corrected chi connectivity index (χ3v) is 11.1. The molecule has 0 unspecified atom stereocenters. The van der Waals surface area contributed by atoms with Crippen LogP contribution < -0.4 is 8.97 Å². The maximum Gasteiger partial charge on any atom is 0.410 e. The van der Waals surface area contributed by atoms with E-state index >= 15 is 0 Å². The van der Waals surface area contributed by atoms with E-state index in [1.165, 1.54) is 9.80 Å². The first kappa shape index (κ1) is 32.8. The number of allylic oxidation sites excluding steroid dienone is 8. The number of nitrogens with zero attached hydrogens (tertiary/aromatic N) is 4. The van der Waals surface area contributed by atoms with Gasteiger partial charge in [0.2, 0.25) is 0 Å². The molecule has 2 atom stereocenters. The zero-order chi connectivity index (χ0) is 36.2. The molecule has 2 aromatic carbocycles. The highest BCUT2D eigenvalue weighted by molar-refractivity contribution is 6.04. The molecule has 266 valence electrons. The molecular formula is C42H38N4O7+2. The average Bonchev–Trinajstić information content (AvgIpc) is 4.07. The summed E-state index contributed by atoms with van der Waals surface area (Å²) >= 11 is 0. The van der Waals surface area contributed by atoms with Crippen LogP contribution in [0.15, 0.2) is 149 Å². The van der Waals surface area contributed by atoms with Gasteiger partial charge >= 0.3 is 35.8 Å². The Balaban J connectivity index is 1.02. The second-order valence-electron chi connectivity index (χ2n) is 13.9. The highest BCUT2D eigenvalue weighted by Crippen LogP contribution is 2.52. The lowest BCUT2D eigenvalue weighted by molar-refractivity contribution is -0.131. The van der Waals surface area contributed by atoms with Gasteiger partial charge in [0.25, 0.3) is 0 Å². The summed E-state index contributed by atoms with van der Waals surface area (Å²) in [5.41, 5.74) is 4.49. The zero-order valence-corrected chi connectivity index (χ0v) is 29.0. The average molecular weight is 711 g/mol. The van der Waals surface area contributed by atoms with Crippen molar-refractivity contribution >= 4 is 35.8 Å². The number of quaternary nitrogens is 2. The Morgan fingerprint density at radius 3 is 1.30 bits per heavy atom. The number of hydrogen-bond donors (Lipinski definition) is 0. The van der Waals surface area contributed by atoms with Crippen LogP contribution in [0.5, 0.6) is 0 Å². The summed E-state index contributed by atoms with van der Waals surface area (Å²) in [6.45, 7) is 1.00. The van der Waals surface area contributed by atoms with Crippen LogP contribution in [-0.2, 0) is 32.3 Å². The molecule has 6 aliphatic rings. The van der Waals surface area contributed by atoms with E-state index in [1.54, 1.807) is 12.1 Å². The Labute approximate surface area is 306 Å². The van der Waals surface area contributed by atoms with Crippen molar-refractivity contribution in [2.24, 2.45) is 0 Å². The van der Waals surface area contributed by atoms with Crippen LogP contribution in [0, 0.1) is 0 Å². The smallest absolute Gasteiger partial charge is 0.410 e. The summed E-state index contributed by atoms with van der Waals surface area (Å²) in [6, 6.07) is 20.9. The normalized spacial score (nSPS) is 22.5. The molecule has 53 heavy (non-hydrogen) atoms. The van der Waals surface area contributed by atoms with Gasteiger partial charge in [-0.1, -0.05) is 60.7 Å². The summed E-state index contributed by atoms with van der Waals surface area (Å²) in [5, 5.41) is 0. The molecule has 11 nitrogen and oxygen atoms in total. The summed E-state index contributed by atoms with van der Waals surface area (Å²) < 4.78 is 17.5. The summed E-state index contributed by atoms with van der Waals surface area (Å²) in [5.74, 6) is 0.166. The number of fused-ring (bicyclic) bond motifs is 4. The third-order valence-electron chi connectivity index (χ3n) is 11.1. The van der Waals surface area contributed by atoms with E-state index < -0.39 is 24.3 Å². The highest BCUT2D eigenvalue weighted by Gasteiger charge is 2.62. The number of carbonyl (C=O) groups excluding carboxylic acids is 4. The van der Waals surface area contributed by atoms with Crippen LogP contribution in [-0.4, -0.2) is 59.0 Å². The van der Waals surface area contributed by atoms with Gasteiger partial charge in [0.05, 0.1) is 12.1 Å². The molecule has 0 radical (unpaired) electrons. The van der Waals surface area contributed by atoms with E-state index in [1.807, 2.05) is 109 Å². The van der Waals surface area contributed by atoms with Crippen molar-refractivity contribution in [2.75, 3.05) is 13.1 Å². The maximum atomic E-state index is 15.0. The lowest BCUT2D eigenvalue weighted by atomic mass is 10.1. The molecule has 4 amide bonds. The Kier molecular flexibility index (Phi) is 7.97. The van der Waals surface area contributed by atoms with Gasteiger partial charge in [0, 0.05) is 61.7 Å². The third kappa shape index (κ3) is 5.02. The Morgan fingerprint density at radius 1 is 0.566 bits per heavy atom. The fourth-order valence-electron chi connectivity index (χ4n) is 8.55. The SMILES string of the molecule is O=C(OCc1ccccc1)N1CCC[C@H]1C(=O)[N+]1(c2ccc([N+]3(C(=O)[C@@H]4CCCN4C(=O)OCc4ccccc4)C4=CC=C3C=C4)o2)C2=CC=C1C=C2. The standard InChI is InChI=1S/C42H38N4O7/c47-39(35-13-7-25-43(35)41(49)51-27-29-9-3-1-4-10-29)45(31-15-16-32(45)18-17-31)37-23-24-38(53-37)46(33-19-20-34(46)22-21-33)40(48)36-14-8-26-44(36)42(50)52-28-30-11-5-2-6-12-30/h1-6,9-12,15-24,35-36H,7-8,13-14,25-28H2/q+2/t35-,36-/m0/s1. The molecule has 3 aromatic rings. The molecule has 2 saturated heterocycles. The molecule has 9 rings (SSSR count).